The third kappa shape index (κ3) is 3.11. The highest BCUT2D eigenvalue weighted by Crippen LogP contribution is 2.38. The van der Waals surface area contributed by atoms with E-state index in [2.05, 4.69) is 11.8 Å². The molecule has 0 radical (unpaired) electrons. The Morgan fingerprint density at radius 1 is 1.50 bits per heavy atom. The molecular weight excluding hydrogens is 167 g/mol. The van der Waals surface area contributed by atoms with Crippen molar-refractivity contribution < 1.29 is 9.42 Å². The summed E-state index contributed by atoms with van der Waals surface area (Å²) in [6, 6.07) is 0. The van der Waals surface area contributed by atoms with E-state index in [9.17, 15) is 4.89 Å². The summed E-state index contributed by atoms with van der Waals surface area (Å²) in [5.41, 5.74) is 0. The average Bonchev–Trinajstić information content (AvgIpc) is 2.12. The molecule has 1 unspecified atom stereocenters. The smallest absolute Gasteiger partial charge is 0.0611 e. The van der Waals surface area contributed by atoms with Gasteiger partial charge in [-0.15, -0.1) is 0 Å². The van der Waals surface area contributed by atoms with E-state index in [0.717, 1.165) is 12.8 Å². The van der Waals surface area contributed by atoms with Crippen molar-refractivity contribution in [2.24, 2.45) is 0 Å². The lowest BCUT2D eigenvalue weighted by atomic mass is 10.3. The molecule has 4 heteroatoms. The van der Waals surface area contributed by atoms with E-state index in [1.54, 1.807) is 0 Å². The quantitative estimate of drug-likeness (QED) is 0.598. The summed E-state index contributed by atoms with van der Waals surface area (Å²) in [7, 11) is 0. The summed E-state index contributed by atoms with van der Waals surface area (Å²) in [4.78, 5) is 11.0. The minimum atomic E-state index is -2.63. The van der Waals surface area contributed by atoms with Crippen LogP contribution in [-0.4, -0.2) is 12.8 Å². The molecule has 0 heterocycles. The van der Waals surface area contributed by atoms with Gasteiger partial charge in [0.2, 0.25) is 0 Å². The van der Waals surface area contributed by atoms with Crippen LogP contribution in [0.1, 0.15) is 25.7 Å². The molecule has 60 valence electrons. The Hall–Kier alpha value is 0.570. The van der Waals surface area contributed by atoms with E-state index in [0.29, 0.717) is 0 Å². The fourth-order valence-corrected chi connectivity index (χ4v) is 2.38. The maximum atomic E-state index is 11.0. The van der Waals surface area contributed by atoms with Crippen molar-refractivity contribution >= 4 is 18.3 Å². The molecule has 0 amide bonds. The maximum absolute atomic E-state index is 11.0. The van der Waals surface area contributed by atoms with Crippen molar-refractivity contribution in [2.75, 3.05) is 6.66 Å². The molecule has 0 bridgehead atoms. The molecule has 1 atom stereocenters. The van der Waals surface area contributed by atoms with Gasteiger partial charge in [-0.2, -0.15) is 0 Å². The molecule has 1 rings (SSSR count). The van der Waals surface area contributed by atoms with Crippen LogP contribution in [0.25, 0.3) is 0 Å². The predicted octanol–water partition coefficient (Wildman–Crippen LogP) is 1.25. The van der Waals surface area contributed by atoms with Crippen LogP contribution in [0.15, 0.2) is 0 Å². The minimum Gasteiger partial charge on any atom is -0.801 e. The molecule has 0 spiro atoms. The molecular formula is C6H12O2PS-. The number of hydrogen-bond donors (Lipinski definition) is 0. The third-order valence-corrected chi connectivity index (χ3v) is 2.58. The molecule has 1 aliphatic rings. The van der Waals surface area contributed by atoms with Crippen LogP contribution in [0.4, 0.5) is 0 Å². The molecule has 0 aromatic heterocycles. The van der Waals surface area contributed by atoms with Crippen LogP contribution in [0.2, 0.25) is 0 Å². The summed E-state index contributed by atoms with van der Waals surface area (Å²) in [5, 5.41) is 0. The van der Waals surface area contributed by atoms with Gasteiger partial charge in [0.05, 0.1) is 6.10 Å². The zero-order valence-corrected chi connectivity index (χ0v) is 7.79. The lowest BCUT2D eigenvalue weighted by molar-refractivity contribution is -0.184. The lowest BCUT2D eigenvalue weighted by Crippen LogP contribution is -2.11. The van der Waals surface area contributed by atoms with Crippen LogP contribution in [-0.2, 0) is 16.3 Å². The van der Waals surface area contributed by atoms with Crippen LogP contribution < -0.4 is 4.89 Å². The fourth-order valence-electron chi connectivity index (χ4n) is 1.26. The Kier molecular flexibility index (Phi) is 2.87. The minimum absolute atomic E-state index is 0.188. The highest BCUT2D eigenvalue weighted by Gasteiger charge is 2.16. The molecule has 2 nitrogen and oxygen atoms in total. The maximum Gasteiger partial charge on any atom is 0.0611 e. The van der Waals surface area contributed by atoms with Gasteiger partial charge in [0.25, 0.3) is 0 Å². The molecule has 1 fully saturated rings. The van der Waals surface area contributed by atoms with Crippen molar-refractivity contribution in [2.45, 2.75) is 31.8 Å². The lowest BCUT2D eigenvalue weighted by Gasteiger charge is -2.26. The van der Waals surface area contributed by atoms with Crippen molar-refractivity contribution in [3.8, 4) is 0 Å². The number of rotatable bonds is 2. The van der Waals surface area contributed by atoms with E-state index >= 15 is 0 Å². The van der Waals surface area contributed by atoms with Gasteiger partial charge in [-0.3, -0.25) is 0 Å². The molecule has 0 aromatic carbocycles. The monoisotopic (exact) mass is 179 g/mol. The first-order chi connectivity index (χ1) is 4.58. The van der Waals surface area contributed by atoms with E-state index in [4.69, 9.17) is 4.52 Å². The second-order valence-corrected chi connectivity index (χ2v) is 6.53. The topological polar surface area (TPSA) is 32.3 Å². The number of hydrogen-bond acceptors (Lipinski definition) is 3. The second kappa shape index (κ2) is 3.31. The van der Waals surface area contributed by atoms with Gasteiger partial charge >= 0.3 is 0 Å². The van der Waals surface area contributed by atoms with E-state index in [1.807, 2.05) is 0 Å². The third-order valence-electron chi connectivity index (χ3n) is 1.64. The van der Waals surface area contributed by atoms with Crippen molar-refractivity contribution in [1.82, 2.24) is 0 Å². The molecule has 0 saturated heterocycles. The van der Waals surface area contributed by atoms with Gasteiger partial charge in [-0.1, -0.05) is 24.6 Å². The van der Waals surface area contributed by atoms with Crippen LogP contribution in [0, 0.1) is 0 Å². The van der Waals surface area contributed by atoms with Gasteiger partial charge in [0, 0.05) is 0 Å². The Balaban J connectivity index is 2.31. The Morgan fingerprint density at radius 2 is 2.00 bits per heavy atom. The molecule has 0 aromatic rings. The van der Waals surface area contributed by atoms with Crippen LogP contribution in [0.5, 0.6) is 0 Å². The van der Waals surface area contributed by atoms with E-state index < -0.39 is 6.49 Å². The zero-order valence-electron chi connectivity index (χ0n) is 6.08. The summed E-state index contributed by atoms with van der Waals surface area (Å²) in [6.07, 6.45) is 4.65. The predicted molar refractivity (Wildman–Crippen MR) is 43.6 cm³/mol. The molecule has 0 aliphatic heterocycles. The molecule has 1 aliphatic carbocycles. The van der Waals surface area contributed by atoms with E-state index in [-0.39, 0.29) is 6.10 Å². The zero-order chi connectivity index (χ0) is 7.61. The largest absolute Gasteiger partial charge is 0.801 e. The first-order valence-electron chi connectivity index (χ1n) is 3.55. The first kappa shape index (κ1) is 8.66. The Bertz CT molecular complexity index is 148. The highest BCUT2D eigenvalue weighted by atomic mass is 32.5. The first-order valence-corrected chi connectivity index (χ1v) is 6.63. The highest BCUT2D eigenvalue weighted by molar-refractivity contribution is 8.08. The van der Waals surface area contributed by atoms with Gasteiger partial charge in [0.15, 0.2) is 0 Å². The van der Waals surface area contributed by atoms with Crippen molar-refractivity contribution in [3.05, 3.63) is 0 Å². The molecule has 0 N–H and O–H groups in total. The average molecular weight is 179 g/mol. The fraction of sp³-hybridized carbons (Fsp3) is 1.00. The van der Waals surface area contributed by atoms with Gasteiger partial charge in [-0.05, 0) is 26.0 Å². The van der Waals surface area contributed by atoms with Crippen LogP contribution in [0.3, 0.4) is 0 Å². The second-order valence-electron chi connectivity index (χ2n) is 2.78. The van der Waals surface area contributed by atoms with E-state index in [1.165, 1.54) is 19.5 Å². The standard InChI is InChI=1S/C6H13O2PS/c1-9(7,10)8-6-4-2-3-5-6/h6H,2-5H2,1H3,(H,7,10)/p-1. The SMILES string of the molecule is CP([O-])(=S)OC1CCCC1. The van der Waals surface area contributed by atoms with Crippen molar-refractivity contribution in [1.29, 1.82) is 0 Å². The Labute approximate surface area is 66.8 Å². The Morgan fingerprint density at radius 3 is 2.40 bits per heavy atom. The summed E-state index contributed by atoms with van der Waals surface area (Å²) >= 11 is 4.65. The summed E-state index contributed by atoms with van der Waals surface area (Å²) in [5.74, 6) is 0. The van der Waals surface area contributed by atoms with Gasteiger partial charge in [-0.25, -0.2) is 0 Å². The van der Waals surface area contributed by atoms with Crippen LogP contribution >= 0.6 is 6.49 Å². The summed E-state index contributed by atoms with van der Waals surface area (Å²) in [6.45, 7) is -1.13. The van der Waals surface area contributed by atoms with Crippen molar-refractivity contribution in [3.63, 3.8) is 0 Å². The normalized spacial score (nSPS) is 26.6. The molecule has 1 saturated carbocycles. The summed E-state index contributed by atoms with van der Waals surface area (Å²) < 4.78 is 5.17. The van der Waals surface area contributed by atoms with Gasteiger partial charge in [0.1, 0.15) is 0 Å². The molecule has 10 heavy (non-hydrogen) atoms. The van der Waals surface area contributed by atoms with Gasteiger partial charge < -0.3 is 9.42 Å².